The topological polar surface area (TPSA) is 81.6 Å². The molecule has 2 aromatic rings. The number of hydrogen-bond acceptors (Lipinski definition) is 4. The number of H-pyrrole nitrogens is 1. The molecule has 5 nitrogen and oxygen atoms in total. The Morgan fingerprint density at radius 3 is 3.00 bits per heavy atom. The Kier molecular flexibility index (Phi) is 3.39. The van der Waals surface area contributed by atoms with Crippen molar-refractivity contribution in [2.45, 2.75) is 13.5 Å². The van der Waals surface area contributed by atoms with Crippen molar-refractivity contribution in [2.24, 2.45) is 0 Å². The molecule has 2 rings (SSSR count). The second kappa shape index (κ2) is 5.15. The third-order valence-electron chi connectivity index (χ3n) is 2.39. The monoisotopic (exact) mass is 240 g/mol. The lowest BCUT2D eigenvalue weighted by molar-refractivity contribution is 0.997. The molecule has 0 bridgehead atoms. The first-order valence-corrected chi connectivity index (χ1v) is 5.48. The average Bonchev–Trinajstić information content (AvgIpc) is 2.35. The molecular weight excluding hydrogens is 228 g/mol. The van der Waals surface area contributed by atoms with Crippen molar-refractivity contribution in [1.29, 1.82) is 5.26 Å². The zero-order valence-corrected chi connectivity index (χ0v) is 9.90. The molecule has 90 valence electrons. The minimum atomic E-state index is -0.184. The molecule has 18 heavy (non-hydrogen) atoms. The fraction of sp³-hybridized carbons (Fsp3) is 0.154. The molecule has 0 aliphatic carbocycles. The molecule has 0 aliphatic heterocycles. The lowest BCUT2D eigenvalue weighted by Crippen LogP contribution is -2.11. The van der Waals surface area contributed by atoms with Crippen LogP contribution >= 0.6 is 0 Å². The van der Waals surface area contributed by atoms with E-state index in [1.807, 2.05) is 12.1 Å². The summed E-state index contributed by atoms with van der Waals surface area (Å²) in [6.07, 6.45) is 0. The number of benzene rings is 1. The molecular formula is C13H12N4O. The fourth-order valence-corrected chi connectivity index (χ4v) is 1.61. The van der Waals surface area contributed by atoms with Crippen LogP contribution in [0.15, 0.2) is 35.1 Å². The summed E-state index contributed by atoms with van der Waals surface area (Å²) in [6.45, 7) is 2.24. The van der Waals surface area contributed by atoms with Crippen molar-refractivity contribution in [2.75, 3.05) is 5.32 Å². The first-order chi connectivity index (χ1) is 8.67. The van der Waals surface area contributed by atoms with Crippen molar-refractivity contribution >= 4 is 5.82 Å². The van der Waals surface area contributed by atoms with Gasteiger partial charge in [-0.2, -0.15) is 5.26 Å². The number of nitrogens with zero attached hydrogens (tertiary/aromatic N) is 2. The van der Waals surface area contributed by atoms with E-state index in [4.69, 9.17) is 5.26 Å². The molecule has 5 heteroatoms. The highest BCUT2D eigenvalue weighted by atomic mass is 16.1. The zero-order valence-electron chi connectivity index (χ0n) is 9.90. The predicted molar refractivity (Wildman–Crippen MR) is 68.1 cm³/mol. The first-order valence-electron chi connectivity index (χ1n) is 5.48. The first kappa shape index (κ1) is 11.9. The van der Waals surface area contributed by atoms with Gasteiger partial charge in [-0.1, -0.05) is 12.1 Å². The van der Waals surface area contributed by atoms with Crippen molar-refractivity contribution in [3.8, 4) is 6.07 Å². The van der Waals surface area contributed by atoms with Crippen LogP contribution in [0.5, 0.6) is 0 Å². The van der Waals surface area contributed by atoms with Crippen LogP contribution in [-0.4, -0.2) is 9.97 Å². The Morgan fingerprint density at radius 2 is 2.28 bits per heavy atom. The molecule has 0 saturated carbocycles. The summed E-state index contributed by atoms with van der Waals surface area (Å²) in [5, 5.41) is 11.8. The van der Waals surface area contributed by atoms with Gasteiger partial charge in [0.25, 0.3) is 5.56 Å². The fourth-order valence-electron chi connectivity index (χ4n) is 1.61. The van der Waals surface area contributed by atoms with Gasteiger partial charge >= 0.3 is 0 Å². The van der Waals surface area contributed by atoms with Crippen LogP contribution in [0.4, 0.5) is 5.82 Å². The van der Waals surface area contributed by atoms with E-state index in [9.17, 15) is 4.79 Å². The summed E-state index contributed by atoms with van der Waals surface area (Å²) in [6, 6.07) is 10.8. The third-order valence-corrected chi connectivity index (χ3v) is 2.39. The van der Waals surface area contributed by atoms with Crippen molar-refractivity contribution in [3.05, 3.63) is 57.6 Å². The minimum Gasteiger partial charge on any atom is -0.366 e. The Bertz CT molecular complexity index is 655. The maximum absolute atomic E-state index is 11.2. The van der Waals surface area contributed by atoms with Gasteiger partial charge in [-0.15, -0.1) is 0 Å². The molecule has 0 fully saturated rings. The Balaban J connectivity index is 2.11. The van der Waals surface area contributed by atoms with Crippen LogP contribution in [-0.2, 0) is 6.54 Å². The maximum Gasteiger partial charge on any atom is 0.252 e. The van der Waals surface area contributed by atoms with E-state index >= 15 is 0 Å². The molecule has 0 saturated heterocycles. The van der Waals surface area contributed by atoms with E-state index < -0.39 is 0 Å². The number of aromatic nitrogens is 2. The van der Waals surface area contributed by atoms with Crippen molar-refractivity contribution < 1.29 is 0 Å². The number of rotatable bonds is 3. The standard InChI is InChI=1S/C13H12N4O/c1-9-16-12(6-13(18)17-9)15-8-11-4-2-3-10(5-11)7-14/h2-6H,8H2,1H3,(H2,15,16,17,18). The molecule has 0 aliphatic rings. The van der Waals surface area contributed by atoms with E-state index in [0.29, 0.717) is 23.8 Å². The van der Waals surface area contributed by atoms with E-state index in [1.54, 1.807) is 19.1 Å². The summed E-state index contributed by atoms with van der Waals surface area (Å²) in [5.41, 5.74) is 1.40. The number of nitrogens with one attached hydrogen (secondary N) is 2. The maximum atomic E-state index is 11.2. The van der Waals surface area contributed by atoms with Gasteiger partial charge in [0.2, 0.25) is 0 Å². The average molecular weight is 240 g/mol. The number of hydrogen-bond donors (Lipinski definition) is 2. The number of aryl methyl sites for hydroxylation is 1. The Labute approximate surface area is 104 Å². The minimum absolute atomic E-state index is 0.184. The lowest BCUT2D eigenvalue weighted by Gasteiger charge is -2.06. The van der Waals surface area contributed by atoms with Gasteiger partial charge in [-0.05, 0) is 24.6 Å². The Hall–Kier alpha value is -2.61. The predicted octanol–water partition coefficient (Wildman–Crippen LogP) is 1.56. The van der Waals surface area contributed by atoms with Crippen molar-refractivity contribution in [1.82, 2.24) is 9.97 Å². The highest BCUT2D eigenvalue weighted by molar-refractivity contribution is 5.37. The second-order valence-corrected chi connectivity index (χ2v) is 3.88. The molecule has 0 spiro atoms. The highest BCUT2D eigenvalue weighted by Crippen LogP contribution is 2.07. The molecule has 0 atom stereocenters. The molecule has 1 aromatic carbocycles. The van der Waals surface area contributed by atoms with Gasteiger partial charge in [0, 0.05) is 12.6 Å². The molecule has 1 aromatic heterocycles. The smallest absolute Gasteiger partial charge is 0.252 e. The van der Waals surface area contributed by atoms with E-state index in [0.717, 1.165) is 5.56 Å². The van der Waals surface area contributed by atoms with Crippen LogP contribution in [0.2, 0.25) is 0 Å². The third kappa shape index (κ3) is 2.95. The van der Waals surface area contributed by atoms with Crippen molar-refractivity contribution in [3.63, 3.8) is 0 Å². The summed E-state index contributed by atoms with van der Waals surface area (Å²) < 4.78 is 0. The zero-order chi connectivity index (χ0) is 13.0. The van der Waals surface area contributed by atoms with Gasteiger partial charge in [0.1, 0.15) is 11.6 Å². The molecule has 0 radical (unpaired) electrons. The van der Waals surface area contributed by atoms with Crippen LogP contribution in [0.1, 0.15) is 17.0 Å². The van der Waals surface area contributed by atoms with Gasteiger partial charge in [0.05, 0.1) is 11.6 Å². The largest absolute Gasteiger partial charge is 0.366 e. The Morgan fingerprint density at radius 1 is 1.44 bits per heavy atom. The summed E-state index contributed by atoms with van der Waals surface area (Å²) in [7, 11) is 0. The highest BCUT2D eigenvalue weighted by Gasteiger charge is 1.99. The second-order valence-electron chi connectivity index (χ2n) is 3.88. The number of anilines is 1. The van der Waals surface area contributed by atoms with E-state index in [2.05, 4.69) is 21.4 Å². The normalized spacial score (nSPS) is 9.78. The van der Waals surface area contributed by atoms with Crippen LogP contribution in [0, 0.1) is 18.3 Å². The van der Waals surface area contributed by atoms with Gasteiger partial charge < -0.3 is 10.3 Å². The van der Waals surface area contributed by atoms with Crippen LogP contribution in [0.25, 0.3) is 0 Å². The van der Waals surface area contributed by atoms with Crippen LogP contribution in [0.3, 0.4) is 0 Å². The van der Waals surface area contributed by atoms with E-state index in [1.165, 1.54) is 6.07 Å². The van der Waals surface area contributed by atoms with Gasteiger partial charge in [-0.25, -0.2) is 4.98 Å². The number of aromatic amines is 1. The molecule has 0 amide bonds. The summed E-state index contributed by atoms with van der Waals surface area (Å²) in [4.78, 5) is 18.0. The summed E-state index contributed by atoms with van der Waals surface area (Å²) in [5.74, 6) is 1.09. The molecule has 0 unspecified atom stereocenters. The van der Waals surface area contributed by atoms with Crippen LogP contribution < -0.4 is 10.9 Å². The van der Waals surface area contributed by atoms with Gasteiger partial charge in [-0.3, -0.25) is 4.79 Å². The molecule has 2 N–H and O–H groups in total. The SMILES string of the molecule is Cc1nc(NCc2cccc(C#N)c2)cc(=O)[nH]1. The quantitative estimate of drug-likeness (QED) is 0.853. The number of nitriles is 1. The summed E-state index contributed by atoms with van der Waals surface area (Å²) >= 11 is 0. The van der Waals surface area contributed by atoms with Gasteiger partial charge in [0.15, 0.2) is 0 Å². The lowest BCUT2D eigenvalue weighted by atomic mass is 10.1. The molecule has 1 heterocycles. The van der Waals surface area contributed by atoms with E-state index in [-0.39, 0.29) is 5.56 Å².